The lowest BCUT2D eigenvalue weighted by Gasteiger charge is -2.09. The molecule has 0 bridgehead atoms. The third kappa shape index (κ3) is 4.22. The Morgan fingerprint density at radius 2 is 1.80 bits per heavy atom. The summed E-state index contributed by atoms with van der Waals surface area (Å²) in [4.78, 5) is 28.8. The van der Waals surface area contributed by atoms with Crippen LogP contribution in [0.2, 0.25) is 0 Å². The number of amides is 2. The van der Waals surface area contributed by atoms with Gasteiger partial charge in [-0.15, -0.1) is 0 Å². The Bertz CT molecular complexity index is 1180. The maximum atomic E-state index is 12.2. The molecule has 4 aromatic rings. The van der Waals surface area contributed by atoms with E-state index < -0.39 is 5.91 Å². The third-order valence-electron chi connectivity index (χ3n) is 4.71. The van der Waals surface area contributed by atoms with E-state index in [1.807, 2.05) is 61.5 Å². The maximum Gasteiger partial charge on any atom is 0.273 e. The van der Waals surface area contributed by atoms with Crippen LogP contribution in [0.1, 0.15) is 16.3 Å². The van der Waals surface area contributed by atoms with Gasteiger partial charge < -0.3 is 19.7 Å². The zero-order valence-electron chi connectivity index (χ0n) is 16.5. The molecular formula is C22H21N5O3. The molecule has 0 saturated carbocycles. The van der Waals surface area contributed by atoms with E-state index in [1.165, 1.54) is 0 Å². The second-order valence-electron chi connectivity index (χ2n) is 6.77. The summed E-state index contributed by atoms with van der Waals surface area (Å²) in [5.41, 5.74) is 2.90. The Morgan fingerprint density at radius 1 is 1.03 bits per heavy atom. The van der Waals surface area contributed by atoms with Gasteiger partial charge in [-0.2, -0.15) is 0 Å². The van der Waals surface area contributed by atoms with Crippen molar-refractivity contribution in [1.29, 1.82) is 0 Å². The molecule has 2 amide bonds. The number of carbonyl (C=O) groups excluding carboxylic acids is 2. The van der Waals surface area contributed by atoms with Gasteiger partial charge in [0, 0.05) is 24.7 Å². The monoisotopic (exact) mass is 403 g/mol. The van der Waals surface area contributed by atoms with Gasteiger partial charge in [0.1, 0.15) is 5.82 Å². The number of benzene rings is 2. The first-order valence-corrected chi connectivity index (χ1v) is 9.61. The SMILES string of the molecule is Cc1nc2ccccc2n1CCNC(=O)CNC(=O)c1cc(-c2ccccc2)on1. The highest BCUT2D eigenvalue weighted by molar-refractivity contribution is 5.95. The van der Waals surface area contributed by atoms with Crippen LogP contribution < -0.4 is 10.6 Å². The van der Waals surface area contributed by atoms with Gasteiger partial charge in [-0.25, -0.2) is 4.98 Å². The van der Waals surface area contributed by atoms with E-state index in [0.29, 0.717) is 18.8 Å². The topological polar surface area (TPSA) is 102 Å². The molecule has 0 radical (unpaired) electrons. The predicted molar refractivity (Wildman–Crippen MR) is 112 cm³/mol. The van der Waals surface area contributed by atoms with E-state index in [-0.39, 0.29) is 18.1 Å². The number of aryl methyl sites for hydroxylation is 1. The molecule has 2 aromatic carbocycles. The lowest BCUT2D eigenvalue weighted by molar-refractivity contribution is -0.120. The van der Waals surface area contributed by atoms with Crippen LogP contribution in [0.4, 0.5) is 0 Å². The van der Waals surface area contributed by atoms with Crippen molar-refractivity contribution in [3.05, 3.63) is 72.2 Å². The fourth-order valence-corrected chi connectivity index (χ4v) is 3.22. The molecule has 8 nitrogen and oxygen atoms in total. The zero-order valence-corrected chi connectivity index (χ0v) is 16.5. The molecule has 0 fully saturated rings. The Hall–Kier alpha value is -3.94. The quantitative estimate of drug-likeness (QED) is 0.494. The summed E-state index contributed by atoms with van der Waals surface area (Å²) in [5.74, 6) is 0.636. The van der Waals surface area contributed by atoms with Crippen molar-refractivity contribution < 1.29 is 14.1 Å². The number of fused-ring (bicyclic) bond motifs is 1. The average Bonchev–Trinajstić information content (AvgIpc) is 3.38. The van der Waals surface area contributed by atoms with Gasteiger partial charge in [0.2, 0.25) is 5.91 Å². The Morgan fingerprint density at radius 3 is 2.63 bits per heavy atom. The number of aromatic nitrogens is 3. The summed E-state index contributed by atoms with van der Waals surface area (Å²) in [6, 6.07) is 18.8. The first-order chi connectivity index (χ1) is 14.6. The highest BCUT2D eigenvalue weighted by Gasteiger charge is 2.14. The van der Waals surface area contributed by atoms with Crippen LogP contribution in [0.25, 0.3) is 22.4 Å². The molecule has 0 aliphatic rings. The summed E-state index contributed by atoms with van der Waals surface area (Å²) in [6.45, 7) is 2.81. The highest BCUT2D eigenvalue weighted by atomic mass is 16.5. The fraction of sp³-hybridized carbons (Fsp3) is 0.182. The molecule has 0 unspecified atom stereocenters. The molecule has 8 heteroatoms. The third-order valence-corrected chi connectivity index (χ3v) is 4.71. The second-order valence-corrected chi connectivity index (χ2v) is 6.77. The minimum absolute atomic E-state index is 0.127. The lowest BCUT2D eigenvalue weighted by atomic mass is 10.1. The van der Waals surface area contributed by atoms with E-state index in [4.69, 9.17) is 4.52 Å². The molecule has 30 heavy (non-hydrogen) atoms. The standard InChI is InChI=1S/C22H21N5O3/c1-15-25-17-9-5-6-10-19(17)27(15)12-11-23-21(28)14-24-22(29)18-13-20(30-26-18)16-7-3-2-4-8-16/h2-10,13H,11-12,14H2,1H3,(H,23,28)(H,24,29). The van der Waals surface area contributed by atoms with Gasteiger partial charge in [0.25, 0.3) is 5.91 Å². The zero-order chi connectivity index (χ0) is 20.9. The number of para-hydroxylation sites is 2. The van der Waals surface area contributed by atoms with Crippen molar-refractivity contribution >= 4 is 22.8 Å². The smallest absolute Gasteiger partial charge is 0.273 e. The molecule has 2 N–H and O–H groups in total. The number of hydrogen-bond donors (Lipinski definition) is 2. The van der Waals surface area contributed by atoms with Crippen molar-refractivity contribution in [2.45, 2.75) is 13.5 Å². The number of hydrogen-bond acceptors (Lipinski definition) is 5. The first kappa shape index (κ1) is 19.4. The van der Waals surface area contributed by atoms with Crippen LogP contribution in [0, 0.1) is 6.92 Å². The van der Waals surface area contributed by atoms with E-state index in [9.17, 15) is 9.59 Å². The van der Waals surface area contributed by atoms with Gasteiger partial charge in [-0.1, -0.05) is 47.6 Å². The van der Waals surface area contributed by atoms with Crippen molar-refractivity contribution in [3.8, 4) is 11.3 Å². The molecule has 2 heterocycles. The van der Waals surface area contributed by atoms with E-state index in [0.717, 1.165) is 22.4 Å². The number of rotatable bonds is 7. The van der Waals surface area contributed by atoms with Crippen molar-refractivity contribution in [3.63, 3.8) is 0 Å². The number of carbonyl (C=O) groups is 2. The summed E-state index contributed by atoms with van der Waals surface area (Å²) in [7, 11) is 0. The molecule has 0 spiro atoms. The fourth-order valence-electron chi connectivity index (χ4n) is 3.22. The van der Waals surface area contributed by atoms with Crippen LogP contribution in [0.5, 0.6) is 0 Å². The van der Waals surface area contributed by atoms with Gasteiger partial charge in [0.05, 0.1) is 17.6 Å². The van der Waals surface area contributed by atoms with Crippen LogP contribution in [0.3, 0.4) is 0 Å². The van der Waals surface area contributed by atoms with Gasteiger partial charge in [-0.3, -0.25) is 9.59 Å². The Balaban J connectivity index is 1.26. The second kappa shape index (κ2) is 8.60. The van der Waals surface area contributed by atoms with Crippen LogP contribution >= 0.6 is 0 Å². The van der Waals surface area contributed by atoms with Gasteiger partial charge in [0.15, 0.2) is 11.5 Å². The average molecular weight is 403 g/mol. The molecule has 0 saturated heterocycles. The molecule has 0 atom stereocenters. The Kier molecular flexibility index (Phi) is 5.56. The minimum atomic E-state index is -0.465. The van der Waals surface area contributed by atoms with E-state index >= 15 is 0 Å². The maximum absolute atomic E-state index is 12.2. The normalized spacial score (nSPS) is 10.8. The van der Waals surface area contributed by atoms with Gasteiger partial charge in [-0.05, 0) is 19.1 Å². The molecule has 0 aliphatic heterocycles. The van der Waals surface area contributed by atoms with E-state index in [2.05, 4.69) is 25.3 Å². The summed E-state index contributed by atoms with van der Waals surface area (Å²) in [6.07, 6.45) is 0. The van der Waals surface area contributed by atoms with Crippen molar-refractivity contribution in [2.24, 2.45) is 0 Å². The first-order valence-electron chi connectivity index (χ1n) is 9.61. The molecule has 0 aliphatic carbocycles. The van der Waals surface area contributed by atoms with E-state index in [1.54, 1.807) is 6.07 Å². The van der Waals surface area contributed by atoms with Crippen LogP contribution in [-0.2, 0) is 11.3 Å². The summed E-state index contributed by atoms with van der Waals surface area (Å²) >= 11 is 0. The lowest BCUT2D eigenvalue weighted by Crippen LogP contribution is -2.38. The molecule has 152 valence electrons. The van der Waals surface area contributed by atoms with Crippen molar-refractivity contribution in [1.82, 2.24) is 25.3 Å². The number of nitrogens with zero attached hydrogens (tertiary/aromatic N) is 3. The minimum Gasteiger partial charge on any atom is -0.355 e. The van der Waals surface area contributed by atoms with Crippen molar-refractivity contribution in [2.75, 3.05) is 13.1 Å². The summed E-state index contributed by atoms with van der Waals surface area (Å²) in [5, 5.41) is 9.14. The predicted octanol–water partition coefficient (Wildman–Crippen LogP) is 2.55. The van der Waals surface area contributed by atoms with Crippen LogP contribution in [-0.4, -0.2) is 39.6 Å². The number of imidazole rings is 1. The largest absolute Gasteiger partial charge is 0.355 e. The molecule has 2 aromatic heterocycles. The van der Waals surface area contributed by atoms with Crippen LogP contribution in [0.15, 0.2) is 65.2 Å². The Labute approximate surface area is 172 Å². The molecule has 4 rings (SSSR count). The molecular weight excluding hydrogens is 382 g/mol. The highest BCUT2D eigenvalue weighted by Crippen LogP contribution is 2.19. The van der Waals surface area contributed by atoms with Gasteiger partial charge >= 0.3 is 0 Å². The number of nitrogens with one attached hydrogen (secondary N) is 2. The summed E-state index contributed by atoms with van der Waals surface area (Å²) < 4.78 is 7.26.